The van der Waals surface area contributed by atoms with Gasteiger partial charge in [-0.25, -0.2) is 19.2 Å². The van der Waals surface area contributed by atoms with Crippen LogP contribution in [0, 0.1) is 0 Å². The maximum Gasteiger partial charge on any atom is 0.337 e. The molecule has 0 amide bonds. The van der Waals surface area contributed by atoms with Gasteiger partial charge in [0.1, 0.15) is 0 Å². The Labute approximate surface area is 254 Å². The van der Waals surface area contributed by atoms with Crippen LogP contribution in [0.4, 0.5) is 0 Å². The lowest BCUT2D eigenvalue weighted by atomic mass is 9.81. The Morgan fingerprint density at radius 1 is 0.422 bits per heavy atom. The smallest absolute Gasteiger partial charge is 0.337 e. The first kappa shape index (κ1) is 27.5. The molecule has 1 aliphatic carbocycles. The number of carbonyl (C=O) groups is 4. The molecule has 0 heterocycles. The molecule has 0 fully saturated rings. The Morgan fingerprint density at radius 2 is 0.933 bits per heavy atom. The van der Waals surface area contributed by atoms with Crippen molar-refractivity contribution in [3.8, 4) is 11.1 Å². The van der Waals surface area contributed by atoms with Crippen molar-refractivity contribution < 1.29 is 39.6 Å². The molecule has 0 saturated heterocycles. The molecule has 7 aromatic rings. The summed E-state index contributed by atoms with van der Waals surface area (Å²) in [6, 6.07) is 30.5. The Morgan fingerprint density at radius 3 is 1.49 bits per heavy atom. The van der Waals surface area contributed by atoms with E-state index < -0.39 is 46.1 Å². The average molecular weight is 595 g/mol. The van der Waals surface area contributed by atoms with E-state index >= 15 is 0 Å². The van der Waals surface area contributed by atoms with Gasteiger partial charge in [0.2, 0.25) is 0 Å². The van der Waals surface area contributed by atoms with Gasteiger partial charge in [-0.05, 0) is 61.7 Å². The first-order chi connectivity index (χ1) is 21.7. The molecule has 8 nitrogen and oxygen atoms in total. The third-order valence-corrected chi connectivity index (χ3v) is 8.50. The first-order valence-electron chi connectivity index (χ1n) is 14.0. The second-order valence-corrected chi connectivity index (χ2v) is 10.8. The third-order valence-electron chi connectivity index (χ3n) is 8.50. The van der Waals surface area contributed by atoms with Gasteiger partial charge in [0.05, 0.1) is 22.3 Å². The lowest BCUT2D eigenvalue weighted by Crippen LogP contribution is -2.18. The molecule has 0 atom stereocenters. The summed E-state index contributed by atoms with van der Waals surface area (Å²) in [6.45, 7) is 0. The van der Waals surface area contributed by atoms with Crippen molar-refractivity contribution >= 4 is 67.0 Å². The molecule has 8 heteroatoms. The molecule has 0 saturated carbocycles. The molecule has 0 spiro atoms. The number of carboxylic acid groups (broad SMARTS) is 4. The van der Waals surface area contributed by atoms with E-state index in [0.717, 1.165) is 11.8 Å². The zero-order chi connectivity index (χ0) is 31.6. The van der Waals surface area contributed by atoms with Gasteiger partial charge in [-0.3, -0.25) is 0 Å². The maximum absolute atomic E-state index is 12.3. The summed E-state index contributed by atoms with van der Waals surface area (Å²) in [5, 5.41) is 42.3. The molecule has 0 unspecified atom stereocenters. The number of carboxylic acids is 4. The predicted octanol–water partition coefficient (Wildman–Crippen LogP) is 7.79. The van der Waals surface area contributed by atoms with Crippen LogP contribution in [0.25, 0.3) is 54.2 Å². The second-order valence-electron chi connectivity index (χ2n) is 10.8. The van der Waals surface area contributed by atoms with Gasteiger partial charge < -0.3 is 20.4 Å². The van der Waals surface area contributed by atoms with Crippen LogP contribution < -0.4 is 0 Å². The van der Waals surface area contributed by atoms with Crippen LogP contribution >= 0.6 is 0 Å². The lowest BCUT2D eigenvalue weighted by molar-refractivity contribution is 0.0635. The van der Waals surface area contributed by atoms with Crippen molar-refractivity contribution in [3.63, 3.8) is 0 Å². The van der Waals surface area contributed by atoms with Crippen LogP contribution in [-0.4, -0.2) is 44.3 Å². The monoisotopic (exact) mass is 594 g/mol. The number of benzene rings is 7. The predicted molar refractivity (Wildman–Crippen MR) is 170 cm³/mol. The van der Waals surface area contributed by atoms with Crippen molar-refractivity contribution in [2.24, 2.45) is 0 Å². The molecule has 0 radical (unpaired) electrons. The minimum absolute atomic E-state index is 0.00250. The first-order valence-corrected chi connectivity index (χ1v) is 14.0. The number of rotatable bonds is 4. The number of hydrogen-bond acceptors (Lipinski definition) is 4. The van der Waals surface area contributed by atoms with Gasteiger partial charge in [0.25, 0.3) is 0 Å². The summed E-state index contributed by atoms with van der Waals surface area (Å²) >= 11 is 0. The summed E-state index contributed by atoms with van der Waals surface area (Å²) in [5.74, 6) is -6.58. The topological polar surface area (TPSA) is 149 Å². The Bertz CT molecular complexity index is 2370. The van der Waals surface area contributed by atoms with Crippen LogP contribution in [0.15, 0.2) is 97.1 Å². The van der Waals surface area contributed by atoms with E-state index in [2.05, 4.69) is 48.5 Å². The highest BCUT2D eigenvalue weighted by molar-refractivity contribution is 6.40. The van der Waals surface area contributed by atoms with Crippen molar-refractivity contribution in [2.45, 2.75) is 6.42 Å². The normalized spacial score (nSPS) is 11.7. The minimum atomic E-state index is -1.77. The highest BCUT2D eigenvalue weighted by atomic mass is 16.4. The summed E-state index contributed by atoms with van der Waals surface area (Å²) in [4.78, 5) is 48.7. The van der Waals surface area contributed by atoms with Crippen molar-refractivity contribution in [1.29, 1.82) is 0 Å². The van der Waals surface area contributed by atoms with E-state index in [-0.39, 0.29) is 16.2 Å². The summed E-state index contributed by atoms with van der Waals surface area (Å²) in [6.07, 6.45) is 1.10. The van der Waals surface area contributed by atoms with E-state index in [0.29, 0.717) is 21.5 Å². The second kappa shape index (κ2) is 10.2. The standard InChI is InChI=1S/C24H12O8.C13H10/c25-21(26)13-8-7-11-10-5-1-3-9-4-2-6-12(14(9)10)16-15(11)17(13)19(23(29)30)20(24(31)32)18(16)22(27)28;1-3-7-12-10(5-1)9-11-6-2-4-8-13(11)12/h1-8H,(H,25,26)(H,27,28)(H,29,30)(H,31,32);1-8H,9H2. The fraction of sp³-hybridized carbons (Fsp3) is 0.0270. The molecule has 0 bridgehead atoms. The Hall–Kier alpha value is -6.28. The molecule has 0 aliphatic heterocycles. The van der Waals surface area contributed by atoms with E-state index in [1.54, 1.807) is 24.3 Å². The molecule has 218 valence electrons. The fourth-order valence-corrected chi connectivity index (χ4v) is 6.79. The maximum atomic E-state index is 12.3. The van der Waals surface area contributed by atoms with Crippen molar-refractivity contribution in [2.75, 3.05) is 0 Å². The zero-order valence-electron chi connectivity index (χ0n) is 23.4. The van der Waals surface area contributed by atoms with E-state index in [1.807, 2.05) is 12.1 Å². The highest BCUT2D eigenvalue weighted by Gasteiger charge is 2.33. The van der Waals surface area contributed by atoms with Crippen molar-refractivity contribution in [3.05, 3.63) is 130 Å². The molecular formula is C37H22O8. The average Bonchev–Trinajstić information content (AvgIpc) is 3.41. The molecule has 0 aromatic heterocycles. The summed E-state index contributed by atoms with van der Waals surface area (Å²) < 4.78 is 0. The Balaban J connectivity index is 0.000000206. The molecule has 1 aliphatic rings. The molecule has 8 rings (SSSR count). The molecular weight excluding hydrogens is 572 g/mol. The number of fused-ring (bicyclic) bond motifs is 5. The third kappa shape index (κ3) is 4.07. The summed E-state index contributed by atoms with van der Waals surface area (Å²) in [5.41, 5.74) is 2.83. The highest BCUT2D eigenvalue weighted by Crippen LogP contribution is 2.45. The summed E-state index contributed by atoms with van der Waals surface area (Å²) in [7, 11) is 0. The van der Waals surface area contributed by atoms with Gasteiger partial charge >= 0.3 is 23.9 Å². The zero-order valence-corrected chi connectivity index (χ0v) is 23.4. The SMILES string of the molecule is O=C(O)c1c(C(=O)O)c2c(C(=O)O)ccc3c4cccc5cccc(c(c1C(=O)O)c23)c54.c1ccc2c(c1)Cc1ccccc1-2. The van der Waals surface area contributed by atoms with E-state index in [1.165, 1.54) is 34.4 Å². The van der Waals surface area contributed by atoms with E-state index in [9.17, 15) is 39.6 Å². The number of aromatic carboxylic acids is 4. The fourth-order valence-electron chi connectivity index (χ4n) is 6.79. The van der Waals surface area contributed by atoms with Crippen LogP contribution in [0.3, 0.4) is 0 Å². The van der Waals surface area contributed by atoms with Gasteiger partial charge in [0, 0.05) is 16.2 Å². The minimum Gasteiger partial charge on any atom is -0.478 e. The molecule has 4 N–H and O–H groups in total. The van der Waals surface area contributed by atoms with Crippen LogP contribution in [0.5, 0.6) is 0 Å². The van der Waals surface area contributed by atoms with Gasteiger partial charge in [-0.2, -0.15) is 0 Å². The van der Waals surface area contributed by atoms with Crippen LogP contribution in [0.1, 0.15) is 52.6 Å². The van der Waals surface area contributed by atoms with E-state index in [4.69, 9.17) is 0 Å². The Kier molecular flexibility index (Phi) is 6.23. The molecule has 45 heavy (non-hydrogen) atoms. The largest absolute Gasteiger partial charge is 0.478 e. The van der Waals surface area contributed by atoms with Crippen LogP contribution in [-0.2, 0) is 6.42 Å². The van der Waals surface area contributed by atoms with Gasteiger partial charge in [-0.1, -0.05) is 91.0 Å². The quantitative estimate of drug-likeness (QED) is 0.119. The molecule has 7 aromatic carbocycles. The van der Waals surface area contributed by atoms with Gasteiger partial charge in [-0.15, -0.1) is 0 Å². The van der Waals surface area contributed by atoms with Crippen LogP contribution in [0.2, 0.25) is 0 Å². The lowest BCUT2D eigenvalue weighted by Gasteiger charge is -2.20. The number of hydrogen-bond donors (Lipinski definition) is 4. The van der Waals surface area contributed by atoms with Gasteiger partial charge in [0.15, 0.2) is 0 Å². The van der Waals surface area contributed by atoms with Crippen molar-refractivity contribution in [1.82, 2.24) is 0 Å².